The van der Waals surface area contributed by atoms with Gasteiger partial charge in [0.1, 0.15) is 12.4 Å². The van der Waals surface area contributed by atoms with Crippen LogP contribution in [-0.2, 0) is 13.2 Å². The number of carbonyl (C=O) groups excluding carboxylic acids is 1. The average molecular weight is 461 g/mol. The Morgan fingerprint density at radius 3 is 2.81 bits per heavy atom. The first-order valence-electron chi connectivity index (χ1n) is 9.39. The zero-order chi connectivity index (χ0) is 22.0. The van der Waals surface area contributed by atoms with Crippen LogP contribution >= 0.6 is 22.7 Å². The number of anilines is 1. The van der Waals surface area contributed by atoms with Gasteiger partial charge >= 0.3 is 0 Å². The number of aromatic nitrogens is 3. The van der Waals surface area contributed by atoms with E-state index in [2.05, 4.69) is 15.4 Å². The summed E-state index contributed by atoms with van der Waals surface area (Å²) in [5.41, 5.74) is 3.42. The molecule has 0 aliphatic carbocycles. The molecular weight excluding hydrogens is 442 g/mol. The standard InChI is InChI=1S/C21H18F2N4O2S2/c1-3-27-12(2)15(8-24-27)17-11-31-21(25-17)26-20(28)19-6-13(10-30-19)9-29-18-5-4-14(22)7-16(18)23/h4-8,10-11H,3,9H2,1-2H3,(H,25,26,28). The first kappa shape index (κ1) is 21.1. The molecule has 6 nitrogen and oxygen atoms in total. The lowest BCUT2D eigenvalue weighted by Crippen LogP contribution is -2.10. The maximum atomic E-state index is 13.7. The van der Waals surface area contributed by atoms with E-state index in [0.717, 1.165) is 35.6 Å². The number of rotatable bonds is 7. The van der Waals surface area contributed by atoms with Gasteiger partial charge in [-0.1, -0.05) is 0 Å². The third-order valence-corrected chi connectivity index (χ3v) is 6.30. The quantitative estimate of drug-likeness (QED) is 0.395. The summed E-state index contributed by atoms with van der Waals surface area (Å²) in [7, 11) is 0. The fourth-order valence-electron chi connectivity index (χ4n) is 2.95. The Bertz CT molecular complexity index is 1230. The molecule has 10 heteroatoms. The number of hydrogen-bond acceptors (Lipinski definition) is 6. The number of amides is 1. The summed E-state index contributed by atoms with van der Waals surface area (Å²) in [6.07, 6.45) is 1.77. The number of nitrogens with one attached hydrogen (secondary N) is 1. The van der Waals surface area contributed by atoms with Crippen LogP contribution in [0.2, 0.25) is 0 Å². The Balaban J connectivity index is 1.39. The molecule has 4 aromatic rings. The molecule has 0 aliphatic heterocycles. The summed E-state index contributed by atoms with van der Waals surface area (Å²) in [5, 5.41) is 11.2. The molecule has 0 aliphatic rings. The summed E-state index contributed by atoms with van der Waals surface area (Å²) in [6.45, 7) is 4.84. The highest BCUT2D eigenvalue weighted by Gasteiger charge is 2.15. The zero-order valence-corrected chi connectivity index (χ0v) is 18.3. The Hall–Kier alpha value is -3.11. The minimum atomic E-state index is -0.771. The van der Waals surface area contributed by atoms with E-state index in [0.29, 0.717) is 15.6 Å². The predicted octanol–water partition coefficient (Wildman–Crippen LogP) is 5.51. The van der Waals surface area contributed by atoms with Crippen molar-refractivity contribution in [1.82, 2.24) is 14.8 Å². The highest BCUT2D eigenvalue weighted by atomic mass is 32.1. The van der Waals surface area contributed by atoms with Gasteiger partial charge in [-0.3, -0.25) is 14.8 Å². The Morgan fingerprint density at radius 2 is 2.06 bits per heavy atom. The van der Waals surface area contributed by atoms with E-state index in [-0.39, 0.29) is 18.3 Å². The largest absolute Gasteiger partial charge is 0.486 e. The number of carbonyl (C=O) groups is 1. The van der Waals surface area contributed by atoms with E-state index >= 15 is 0 Å². The summed E-state index contributed by atoms with van der Waals surface area (Å²) in [6, 6.07) is 4.79. The number of nitrogens with zero attached hydrogens (tertiary/aromatic N) is 3. The van der Waals surface area contributed by atoms with Crippen LogP contribution in [0.5, 0.6) is 5.75 Å². The normalized spacial score (nSPS) is 11.0. The van der Waals surface area contributed by atoms with E-state index in [1.807, 2.05) is 23.9 Å². The third kappa shape index (κ3) is 4.64. The topological polar surface area (TPSA) is 69.0 Å². The Kier molecular flexibility index (Phi) is 6.10. The van der Waals surface area contributed by atoms with Crippen LogP contribution in [0.25, 0.3) is 11.3 Å². The Morgan fingerprint density at radius 1 is 1.23 bits per heavy atom. The lowest BCUT2D eigenvalue weighted by atomic mass is 10.2. The van der Waals surface area contributed by atoms with Crippen molar-refractivity contribution in [3.05, 3.63) is 69.0 Å². The highest BCUT2D eigenvalue weighted by Crippen LogP contribution is 2.28. The molecule has 0 bridgehead atoms. The van der Waals surface area contributed by atoms with E-state index in [4.69, 9.17) is 4.74 Å². The van der Waals surface area contributed by atoms with E-state index in [9.17, 15) is 13.6 Å². The van der Waals surface area contributed by atoms with Crippen LogP contribution in [0.15, 0.2) is 41.2 Å². The van der Waals surface area contributed by atoms with Crippen LogP contribution in [0.3, 0.4) is 0 Å². The molecule has 0 saturated heterocycles. The maximum absolute atomic E-state index is 13.7. The first-order chi connectivity index (χ1) is 14.9. The van der Waals surface area contributed by atoms with Gasteiger partial charge in [0, 0.05) is 34.8 Å². The SMILES string of the molecule is CCn1ncc(-c2csc(NC(=O)c3cc(COc4ccc(F)cc4F)cs3)n2)c1C. The molecule has 0 radical (unpaired) electrons. The molecule has 0 fully saturated rings. The second kappa shape index (κ2) is 8.94. The maximum Gasteiger partial charge on any atom is 0.267 e. The average Bonchev–Trinajstić information content (AvgIpc) is 3.47. The number of thiazole rings is 1. The second-order valence-electron chi connectivity index (χ2n) is 6.63. The summed E-state index contributed by atoms with van der Waals surface area (Å²) >= 11 is 2.59. The van der Waals surface area contributed by atoms with Gasteiger partial charge < -0.3 is 4.74 Å². The molecule has 160 valence electrons. The summed E-state index contributed by atoms with van der Waals surface area (Å²) < 4.78 is 33.9. The van der Waals surface area contributed by atoms with Crippen molar-refractivity contribution in [3.8, 4) is 17.0 Å². The van der Waals surface area contributed by atoms with Gasteiger partial charge in [0.15, 0.2) is 16.7 Å². The molecule has 4 rings (SSSR count). The van der Waals surface area contributed by atoms with E-state index < -0.39 is 11.6 Å². The number of thiophene rings is 1. The number of halogens is 2. The molecule has 0 unspecified atom stereocenters. The minimum absolute atomic E-state index is 0.0457. The van der Waals surface area contributed by atoms with Crippen molar-refractivity contribution < 1.29 is 18.3 Å². The highest BCUT2D eigenvalue weighted by molar-refractivity contribution is 7.14. The second-order valence-corrected chi connectivity index (χ2v) is 8.40. The predicted molar refractivity (Wildman–Crippen MR) is 117 cm³/mol. The summed E-state index contributed by atoms with van der Waals surface area (Å²) in [5.74, 6) is -1.77. The number of hydrogen-bond donors (Lipinski definition) is 1. The fourth-order valence-corrected chi connectivity index (χ4v) is 4.45. The molecule has 1 aromatic carbocycles. The van der Waals surface area contributed by atoms with Gasteiger partial charge in [-0.05, 0) is 37.4 Å². The van der Waals surface area contributed by atoms with E-state index in [1.165, 1.54) is 28.7 Å². The van der Waals surface area contributed by atoms with Crippen LogP contribution in [0, 0.1) is 18.6 Å². The minimum Gasteiger partial charge on any atom is -0.486 e. The molecule has 3 aromatic heterocycles. The molecule has 31 heavy (non-hydrogen) atoms. The van der Waals surface area contributed by atoms with Crippen molar-refractivity contribution in [2.45, 2.75) is 27.0 Å². The van der Waals surface area contributed by atoms with Gasteiger partial charge in [0.2, 0.25) is 0 Å². The fraction of sp³-hybridized carbons (Fsp3) is 0.190. The molecule has 0 saturated carbocycles. The zero-order valence-electron chi connectivity index (χ0n) is 16.7. The number of benzene rings is 1. The van der Waals surface area contributed by atoms with Crippen molar-refractivity contribution in [2.75, 3.05) is 5.32 Å². The molecule has 0 spiro atoms. The smallest absolute Gasteiger partial charge is 0.267 e. The lowest BCUT2D eigenvalue weighted by Gasteiger charge is -2.05. The number of aryl methyl sites for hydroxylation is 1. The van der Waals surface area contributed by atoms with Crippen molar-refractivity contribution in [3.63, 3.8) is 0 Å². The molecule has 1 amide bonds. The van der Waals surface area contributed by atoms with Gasteiger partial charge in [-0.15, -0.1) is 22.7 Å². The molecule has 0 atom stereocenters. The molecule has 3 heterocycles. The van der Waals surface area contributed by atoms with Crippen molar-refractivity contribution in [1.29, 1.82) is 0 Å². The Labute approximate surface area is 185 Å². The molecular formula is C21H18F2N4O2S2. The van der Waals surface area contributed by atoms with Crippen molar-refractivity contribution >= 4 is 33.7 Å². The van der Waals surface area contributed by atoms with Gasteiger partial charge in [-0.25, -0.2) is 13.8 Å². The summed E-state index contributed by atoms with van der Waals surface area (Å²) in [4.78, 5) is 17.5. The van der Waals surface area contributed by atoms with E-state index in [1.54, 1.807) is 17.6 Å². The van der Waals surface area contributed by atoms with Crippen LogP contribution in [0.4, 0.5) is 13.9 Å². The van der Waals surface area contributed by atoms with Crippen LogP contribution in [-0.4, -0.2) is 20.7 Å². The van der Waals surface area contributed by atoms with Gasteiger partial charge in [0.25, 0.3) is 5.91 Å². The van der Waals surface area contributed by atoms with Gasteiger partial charge in [0.05, 0.1) is 16.8 Å². The molecule has 1 N–H and O–H groups in total. The van der Waals surface area contributed by atoms with Crippen LogP contribution in [0.1, 0.15) is 27.9 Å². The first-order valence-corrected chi connectivity index (χ1v) is 11.2. The number of ether oxygens (including phenoxy) is 1. The van der Waals surface area contributed by atoms with Crippen molar-refractivity contribution in [2.24, 2.45) is 0 Å². The van der Waals surface area contributed by atoms with Crippen LogP contribution < -0.4 is 10.1 Å². The van der Waals surface area contributed by atoms with Gasteiger partial charge in [-0.2, -0.15) is 5.10 Å². The third-order valence-electron chi connectivity index (χ3n) is 4.57. The monoisotopic (exact) mass is 460 g/mol. The lowest BCUT2D eigenvalue weighted by molar-refractivity contribution is 0.103.